The highest BCUT2D eigenvalue weighted by molar-refractivity contribution is 5.87. The Morgan fingerprint density at radius 1 is 1.09 bits per heavy atom. The lowest BCUT2D eigenvalue weighted by atomic mass is 10.1. The van der Waals surface area contributed by atoms with Gasteiger partial charge in [0, 0.05) is 18.7 Å². The minimum atomic E-state index is -0.852. The molecule has 0 radical (unpaired) electrons. The van der Waals surface area contributed by atoms with Gasteiger partial charge in [-0.05, 0) is 44.5 Å². The summed E-state index contributed by atoms with van der Waals surface area (Å²) < 4.78 is 31.4. The van der Waals surface area contributed by atoms with Gasteiger partial charge in [-0.3, -0.25) is 10.1 Å². The van der Waals surface area contributed by atoms with Crippen LogP contribution < -0.4 is 14.2 Å². The van der Waals surface area contributed by atoms with Crippen molar-refractivity contribution in [1.29, 1.82) is 0 Å². The van der Waals surface area contributed by atoms with Crippen LogP contribution in [0.5, 0.6) is 23.0 Å². The van der Waals surface area contributed by atoms with Crippen molar-refractivity contribution in [2.75, 3.05) is 33.4 Å². The Bertz CT molecular complexity index is 1140. The zero-order valence-corrected chi connectivity index (χ0v) is 18.3. The van der Waals surface area contributed by atoms with Crippen molar-refractivity contribution < 1.29 is 23.5 Å². The fourth-order valence-electron chi connectivity index (χ4n) is 3.85. The number of nitro benzene ring substituents is 1. The Kier molecular flexibility index (Phi) is 7.13. The van der Waals surface area contributed by atoms with Crippen LogP contribution >= 0.6 is 0 Å². The van der Waals surface area contributed by atoms with Crippen molar-refractivity contribution in [1.82, 2.24) is 15.1 Å². The molecule has 33 heavy (non-hydrogen) atoms. The molecular weight excluding hydrogens is 431 g/mol. The maximum Gasteiger partial charge on any atom is 0.272 e. The number of hydrogen-bond acceptors (Lipinski definition) is 8. The van der Waals surface area contributed by atoms with Crippen LogP contribution in [0.1, 0.15) is 25.7 Å². The first-order valence-corrected chi connectivity index (χ1v) is 10.9. The van der Waals surface area contributed by atoms with E-state index in [1.54, 1.807) is 12.1 Å². The smallest absolute Gasteiger partial charge is 0.272 e. The predicted molar refractivity (Wildman–Crippen MR) is 120 cm³/mol. The number of methoxy groups -OCH3 is 1. The highest BCUT2D eigenvalue weighted by Gasteiger charge is 2.16. The Balaban J connectivity index is 1.50. The average molecular weight is 456 g/mol. The van der Waals surface area contributed by atoms with Crippen LogP contribution in [-0.2, 0) is 0 Å². The van der Waals surface area contributed by atoms with Crippen molar-refractivity contribution in [3.8, 4) is 23.0 Å². The van der Waals surface area contributed by atoms with Crippen LogP contribution in [0.3, 0.4) is 0 Å². The first kappa shape index (κ1) is 22.7. The SMILES string of the molecule is COc1cc2c(Oc3ccc([N+](=O)[O-])cc3F)cnnc2cc1OCCCN1CCCCC1. The van der Waals surface area contributed by atoms with Crippen LogP contribution in [0, 0.1) is 15.9 Å². The normalized spacial score (nSPS) is 14.2. The molecule has 0 saturated carbocycles. The van der Waals surface area contributed by atoms with Gasteiger partial charge in [-0.15, -0.1) is 0 Å². The highest BCUT2D eigenvalue weighted by Crippen LogP contribution is 2.37. The summed E-state index contributed by atoms with van der Waals surface area (Å²) in [6.45, 7) is 3.82. The Morgan fingerprint density at radius 3 is 2.64 bits per heavy atom. The number of rotatable bonds is 9. The van der Waals surface area contributed by atoms with Crippen molar-refractivity contribution in [2.24, 2.45) is 0 Å². The molecule has 0 aliphatic carbocycles. The van der Waals surface area contributed by atoms with Crippen LogP contribution in [0.2, 0.25) is 0 Å². The van der Waals surface area contributed by atoms with Gasteiger partial charge in [0.05, 0.1) is 36.3 Å². The van der Waals surface area contributed by atoms with E-state index in [9.17, 15) is 14.5 Å². The zero-order valence-electron chi connectivity index (χ0n) is 18.3. The molecule has 1 aromatic heterocycles. The molecule has 0 bridgehead atoms. The number of likely N-dealkylation sites (tertiary alicyclic amines) is 1. The third kappa shape index (κ3) is 5.46. The third-order valence-corrected chi connectivity index (χ3v) is 5.56. The number of nitro groups is 1. The number of hydrogen-bond donors (Lipinski definition) is 0. The molecule has 1 saturated heterocycles. The van der Waals surface area contributed by atoms with E-state index in [1.165, 1.54) is 44.7 Å². The van der Waals surface area contributed by atoms with E-state index in [0.29, 0.717) is 29.0 Å². The first-order valence-electron chi connectivity index (χ1n) is 10.9. The number of aromatic nitrogens is 2. The van der Waals surface area contributed by atoms with Gasteiger partial charge in [-0.1, -0.05) is 6.42 Å². The molecule has 3 aromatic rings. The summed E-state index contributed by atoms with van der Waals surface area (Å²) >= 11 is 0. The Hall–Kier alpha value is -3.53. The second-order valence-electron chi connectivity index (χ2n) is 7.81. The number of benzene rings is 2. The molecular formula is C23H25FN4O5. The summed E-state index contributed by atoms with van der Waals surface area (Å²) in [5, 5.41) is 19.4. The average Bonchev–Trinajstić information content (AvgIpc) is 2.83. The van der Waals surface area contributed by atoms with Crippen LogP contribution in [0.15, 0.2) is 36.5 Å². The van der Waals surface area contributed by atoms with Crippen molar-refractivity contribution in [3.63, 3.8) is 0 Å². The van der Waals surface area contributed by atoms with Gasteiger partial charge >= 0.3 is 0 Å². The van der Waals surface area contributed by atoms with Gasteiger partial charge in [-0.2, -0.15) is 10.2 Å². The van der Waals surface area contributed by atoms with Gasteiger partial charge in [0.15, 0.2) is 28.8 Å². The van der Waals surface area contributed by atoms with E-state index >= 15 is 0 Å². The maximum absolute atomic E-state index is 14.3. The molecule has 2 heterocycles. The lowest BCUT2D eigenvalue weighted by molar-refractivity contribution is -0.385. The van der Waals surface area contributed by atoms with E-state index in [2.05, 4.69) is 15.1 Å². The van der Waals surface area contributed by atoms with Gasteiger partial charge < -0.3 is 19.1 Å². The second kappa shape index (κ2) is 10.4. The Morgan fingerprint density at radius 2 is 1.91 bits per heavy atom. The number of nitrogens with zero attached hydrogens (tertiary/aromatic N) is 4. The quantitative estimate of drug-likeness (QED) is 0.259. The van der Waals surface area contributed by atoms with Crippen LogP contribution in [0.4, 0.5) is 10.1 Å². The molecule has 4 rings (SSSR count). The molecule has 2 aromatic carbocycles. The maximum atomic E-state index is 14.3. The standard InChI is InChI=1S/C23H25FN4O5/c1-31-21-13-17-19(14-22(21)32-11-5-10-27-8-3-2-4-9-27)26-25-15-23(17)33-20-7-6-16(28(29)30)12-18(20)24/h6-7,12-15H,2-5,8-11H2,1H3. The van der Waals surface area contributed by atoms with Crippen molar-refractivity contribution >= 4 is 16.6 Å². The van der Waals surface area contributed by atoms with Crippen molar-refractivity contribution in [3.05, 3.63) is 52.5 Å². The van der Waals surface area contributed by atoms with Crippen LogP contribution in [0.25, 0.3) is 10.9 Å². The largest absolute Gasteiger partial charge is 0.493 e. The minimum Gasteiger partial charge on any atom is -0.493 e. The molecule has 0 atom stereocenters. The van der Waals surface area contributed by atoms with Crippen molar-refractivity contribution in [2.45, 2.75) is 25.7 Å². The second-order valence-corrected chi connectivity index (χ2v) is 7.81. The van der Waals surface area contributed by atoms with Gasteiger partial charge in [-0.25, -0.2) is 4.39 Å². The number of ether oxygens (including phenoxy) is 3. The van der Waals surface area contributed by atoms with Gasteiger partial charge in [0.25, 0.3) is 5.69 Å². The highest BCUT2D eigenvalue weighted by atomic mass is 19.1. The summed E-state index contributed by atoms with van der Waals surface area (Å²) in [6, 6.07) is 6.59. The fraction of sp³-hybridized carbons (Fsp3) is 0.391. The summed E-state index contributed by atoms with van der Waals surface area (Å²) in [5.41, 5.74) is 0.128. The molecule has 9 nitrogen and oxygen atoms in total. The molecule has 0 amide bonds. The Labute approximate surface area is 190 Å². The molecule has 0 unspecified atom stereocenters. The number of halogens is 1. The lowest BCUT2D eigenvalue weighted by Crippen LogP contribution is -2.31. The summed E-state index contributed by atoms with van der Waals surface area (Å²) in [4.78, 5) is 12.6. The zero-order chi connectivity index (χ0) is 23.2. The molecule has 10 heteroatoms. The summed E-state index contributed by atoms with van der Waals surface area (Å²) in [7, 11) is 1.53. The van der Waals surface area contributed by atoms with E-state index < -0.39 is 10.7 Å². The number of non-ortho nitro benzene ring substituents is 1. The molecule has 174 valence electrons. The molecule has 1 aliphatic rings. The predicted octanol–water partition coefficient (Wildman–Crippen LogP) is 4.73. The fourth-order valence-corrected chi connectivity index (χ4v) is 3.85. The summed E-state index contributed by atoms with van der Waals surface area (Å²) in [5.74, 6) is 0.253. The van der Waals surface area contributed by atoms with E-state index in [1.807, 2.05) is 0 Å². The number of fused-ring (bicyclic) bond motifs is 1. The third-order valence-electron chi connectivity index (χ3n) is 5.56. The van der Waals surface area contributed by atoms with Crippen LogP contribution in [-0.4, -0.2) is 53.4 Å². The molecule has 0 N–H and O–H groups in total. The first-order chi connectivity index (χ1) is 16.0. The number of piperidine rings is 1. The van der Waals surface area contributed by atoms with E-state index in [-0.39, 0.29) is 17.2 Å². The monoisotopic (exact) mass is 456 g/mol. The van der Waals surface area contributed by atoms with Gasteiger partial charge in [0.2, 0.25) is 0 Å². The minimum absolute atomic E-state index is 0.160. The van der Waals surface area contributed by atoms with E-state index in [0.717, 1.165) is 32.1 Å². The van der Waals surface area contributed by atoms with E-state index in [4.69, 9.17) is 14.2 Å². The molecule has 1 aliphatic heterocycles. The lowest BCUT2D eigenvalue weighted by Gasteiger charge is -2.26. The molecule has 1 fully saturated rings. The van der Waals surface area contributed by atoms with Gasteiger partial charge in [0.1, 0.15) is 5.52 Å². The molecule has 0 spiro atoms. The topological polar surface area (TPSA) is 99.8 Å². The summed E-state index contributed by atoms with van der Waals surface area (Å²) in [6.07, 6.45) is 6.07.